The van der Waals surface area contributed by atoms with Crippen LogP contribution in [0.1, 0.15) is 111 Å². The molecule has 0 nitrogen and oxygen atoms in total. The fourth-order valence-corrected chi connectivity index (χ4v) is 5.82. The molecule has 0 amide bonds. The zero-order valence-corrected chi connectivity index (χ0v) is 14.7. The van der Waals surface area contributed by atoms with Crippen LogP contribution < -0.4 is 0 Å². The molecule has 0 unspecified atom stereocenters. The molecule has 0 aromatic heterocycles. The number of hydrogen-bond donors (Lipinski definition) is 0. The lowest BCUT2D eigenvalue weighted by atomic mass is 9.51. The average Bonchev–Trinajstić information content (AvgIpc) is 2.48. The van der Waals surface area contributed by atoms with Crippen molar-refractivity contribution in [2.75, 3.05) is 0 Å². The van der Waals surface area contributed by atoms with E-state index in [-0.39, 0.29) is 0 Å². The molecule has 0 heteroatoms. The van der Waals surface area contributed by atoms with Gasteiger partial charge in [0, 0.05) is 0 Å². The van der Waals surface area contributed by atoms with Crippen molar-refractivity contribution in [2.45, 2.75) is 111 Å². The van der Waals surface area contributed by atoms with Gasteiger partial charge in [0.1, 0.15) is 0 Å². The zero-order valence-electron chi connectivity index (χ0n) is 14.7. The molecule has 0 atom stereocenters. The van der Waals surface area contributed by atoms with Gasteiger partial charge in [-0.15, -0.1) is 0 Å². The summed E-state index contributed by atoms with van der Waals surface area (Å²) in [7, 11) is 0. The van der Waals surface area contributed by atoms with Gasteiger partial charge in [-0.25, -0.2) is 0 Å². The molecule has 2 aliphatic rings. The van der Waals surface area contributed by atoms with E-state index >= 15 is 0 Å². The van der Waals surface area contributed by atoms with Crippen LogP contribution in [0.3, 0.4) is 0 Å². The monoisotopic (exact) mass is 278 g/mol. The quantitative estimate of drug-likeness (QED) is 0.502. The molecule has 0 N–H and O–H groups in total. The van der Waals surface area contributed by atoms with Crippen molar-refractivity contribution in [1.29, 1.82) is 0 Å². The van der Waals surface area contributed by atoms with E-state index in [1.165, 1.54) is 83.5 Å². The average molecular weight is 279 g/mol. The van der Waals surface area contributed by atoms with Crippen LogP contribution in [0.15, 0.2) is 0 Å². The summed E-state index contributed by atoms with van der Waals surface area (Å²) in [6, 6.07) is 0. The van der Waals surface area contributed by atoms with Gasteiger partial charge in [0.15, 0.2) is 0 Å². The minimum Gasteiger partial charge on any atom is -0.0649 e. The Hall–Kier alpha value is 0. The Morgan fingerprint density at radius 2 is 1.20 bits per heavy atom. The van der Waals surface area contributed by atoms with Crippen LogP contribution >= 0.6 is 0 Å². The van der Waals surface area contributed by atoms with Crippen LogP contribution in [-0.4, -0.2) is 0 Å². The van der Waals surface area contributed by atoms with Crippen molar-refractivity contribution < 1.29 is 0 Å². The van der Waals surface area contributed by atoms with E-state index in [0.29, 0.717) is 16.2 Å². The third-order valence-electron chi connectivity index (χ3n) is 7.40. The van der Waals surface area contributed by atoms with Crippen molar-refractivity contribution in [3.05, 3.63) is 0 Å². The Kier molecular flexibility index (Phi) is 5.24. The molecule has 0 spiro atoms. The molecule has 0 radical (unpaired) electrons. The van der Waals surface area contributed by atoms with E-state index in [1.54, 1.807) is 0 Å². The second-order valence-corrected chi connectivity index (χ2v) is 8.67. The Balaban J connectivity index is 2.15. The van der Waals surface area contributed by atoms with Gasteiger partial charge < -0.3 is 0 Å². The topological polar surface area (TPSA) is 0 Å². The highest BCUT2D eigenvalue weighted by Gasteiger charge is 2.47. The summed E-state index contributed by atoms with van der Waals surface area (Å²) in [5.74, 6) is 0. The van der Waals surface area contributed by atoms with E-state index in [0.717, 1.165) is 0 Å². The number of hydrogen-bond acceptors (Lipinski definition) is 0. The third kappa shape index (κ3) is 3.09. The maximum Gasteiger partial charge on any atom is -0.0249 e. The van der Waals surface area contributed by atoms with Crippen LogP contribution in [0.2, 0.25) is 0 Å². The highest BCUT2D eigenvalue weighted by molar-refractivity contribution is 4.98. The molecule has 2 rings (SSSR count). The molecular formula is C20H38. The summed E-state index contributed by atoms with van der Waals surface area (Å²) in [5.41, 5.74) is 1.86. The van der Waals surface area contributed by atoms with E-state index in [2.05, 4.69) is 27.7 Å². The smallest absolute Gasteiger partial charge is 0.0249 e. The molecule has 0 aromatic rings. The van der Waals surface area contributed by atoms with Crippen molar-refractivity contribution in [3.8, 4) is 0 Å². The second kappa shape index (κ2) is 6.41. The van der Waals surface area contributed by atoms with Crippen LogP contribution in [0.5, 0.6) is 0 Å². The van der Waals surface area contributed by atoms with Crippen LogP contribution in [-0.2, 0) is 0 Å². The van der Waals surface area contributed by atoms with Gasteiger partial charge in [0.25, 0.3) is 0 Å². The van der Waals surface area contributed by atoms with Gasteiger partial charge in [-0.3, -0.25) is 0 Å². The second-order valence-electron chi connectivity index (χ2n) is 8.67. The molecule has 0 heterocycles. The molecule has 2 fully saturated rings. The first-order valence-corrected chi connectivity index (χ1v) is 9.49. The molecule has 20 heavy (non-hydrogen) atoms. The summed E-state index contributed by atoms with van der Waals surface area (Å²) in [4.78, 5) is 0. The van der Waals surface area contributed by atoms with Crippen LogP contribution in [0, 0.1) is 16.2 Å². The van der Waals surface area contributed by atoms with Gasteiger partial charge in [0.2, 0.25) is 0 Å². The standard InChI is InChI=1S/C20H38/c1-5-19(13-9-7-10-14-19)17-18(3,4)20(6-2)15-11-8-12-16-20/h5-17H2,1-4H3. The molecule has 0 aliphatic heterocycles. The molecule has 118 valence electrons. The van der Waals surface area contributed by atoms with Gasteiger partial charge in [-0.1, -0.05) is 72.6 Å². The Labute approximate surface area is 128 Å². The minimum absolute atomic E-state index is 0.537. The summed E-state index contributed by atoms with van der Waals surface area (Å²) in [5, 5.41) is 0. The molecule has 0 aromatic carbocycles. The van der Waals surface area contributed by atoms with E-state index < -0.39 is 0 Å². The van der Waals surface area contributed by atoms with E-state index in [4.69, 9.17) is 0 Å². The summed E-state index contributed by atoms with van der Waals surface area (Å²) < 4.78 is 0. The van der Waals surface area contributed by atoms with Crippen LogP contribution in [0.4, 0.5) is 0 Å². The normalized spacial score (nSPS) is 26.4. The van der Waals surface area contributed by atoms with E-state index in [9.17, 15) is 0 Å². The Morgan fingerprint density at radius 3 is 1.65 bits per heavy atom. The first-order valence-electron chi connectivity index (χ1n) is 9.49. The minimum atomic E-state index is 0.537. The lowest BCUT2D eigenvalue weighted by Crippen LogP contribution is -2.43. The SMILES string of the molecule is CCC1(CC(C)(C)C2(CC)CCCCC2)CCCCC1. The van der Waals surface area contributed by atoms with Crippen molar-refractivity contribution in [1.82, 2.24) is 0 Å². The molecule has 2 aliphatic carbocycles. The predicted molar refractivity (Wildman–Crippen MR) is 90.0 cm³/mol. The van der Waals surface area contributed by atoms with Crippen LogP contribution in [0.25, 0.3) is 0 Å². The van der Waals surface area contributed by atoms with Crippen molar-refractivity contribution in [3.63, 3.8) is 0 Å². The molecule has 0 bridgehead atoms. The molecular weight excluding hydrogens is 240 g/mol. The first-order chi connectivity index (χ1) is 9.49. The lowest BCUT2D eigenvalue weighted by Gasteiger charge is -2.54. The zero-order chi connectivity index (χ0) is 14.7. The summed E-state index contributed by atoms with van der Waals surface area (Å²) in [6.07, 6.45) is 19.2. The first kappa shape index (κ1) is 16.4. The molecule has 2 saturated carbocycles. The number of rotatable bonds is 5. The maximum atomic E-state index is 2.62. The Bertz CT molecular complexity index is 287. The van der Waals surface area contributed by atoms with E-state index in [1.807, 2.05) is 0 Å². The van der Waals surface area contributed by atoms with Crippen molar-refractivity contribution >= 4 is 0 Å². The predicted octanol–water partition coefficient (Wildman–Crippen LogP) is 7.12. The summed E-state index contributed by atoms with van der Waals surface area (Å²) >= 11 is 0. The highest BCUT2D eigenvalue weighted by atomic mass is 14.5. The summed E-state index contributed by atoms with van der Waals surface area (Å²) in [6.45, 7) is 10.2. The van der Waals surface area contributed by atoms with Gasteiger partial charge in [0.05, 0.1) is 0 Å². The molecule has 0 saturated heterocycles. The fraction of sp³-hybridized carbons (Fsp3) is 1.00. The fourth-order valence-electron chi connectivity index (χ4n) is 5.82. The van der Waals surface area contributed by atoms with Gasteiger partial charge in [-0.05, 0) is 54.8 Å². The lowest BCUT2D eigenvalue weighted by molar-refractivity contribution is -0.0319. The van der Waals surface area contributed by atoms with Gasteiger partial charge >= 0.3 is 0 Å². The van der Waals surface area contributed by atoms with Gasteiger partial charge in [-0.2, -0.15) is 0 Å². The van der Waals surface area contributed by atoms with Crippen molar-refractivity contribution in [2.24, 2.45) is 16.2 Å². The largest absolute Gasteiger partial charge is 0.0649 e. The maximum absolute atomic E-state index is 2.62. The third-order valence-corrected chi connectivity index (χ3v) is 7.40. The Morgan fingerprint density at radius 1 is 0.700 bits per heavy atom. The highest BCUT2D eigenvalue weighted by Crippen LogP contribution is 2.58.